The van der Waals surface area contributed by atoms with Crippen molar-refractivity contribution in [1.82, 2.24) is 0 Å². The smallest absolute Gasteiger partial charge is 0 e. The maximum absolute atomic E-state index is 8.82. The fourth-order valence-corrected chi connectivity index (χ4v) is 0. The van der Waals surface area contributed by atoms with Crippen LogP contribution in [0.1, 0.15) is 0 Å². The molecule has 0 amide bonds. The van der Waals surface area contributed by atoms with E-state index in [-0.39, 0.29) is 21.1 Å². The molecule has 0 aromatic heterocycles. The Bertz CT molecular complexity index is 90.7. The third-order valence-electron chi connectivity index (χ3n) is 0. The van der Waals surface area contributed by atoms with Gasteiger partial charge in [-0.1, -0.05) is 0 Å². The van der Waals surface area contributed by atoms with Crippen LogP contribution < -0.4 is 0 Å². The van der Waals surface area contributed by atoms with Crippen LogP contribution in [0.2, 0.25) is 0 Å². The van der Waals surface area contributed by atoms with Crippen molar-refractivity contribution < 1.29 is 37.1 Å². The van der Waals surface area contributed by atoms with E-state index in [0.29, 0.717) is 0 Å². The second-order valence-corrected chi connectivity index (χ2v) is 2.33. The average Bonchev–Trinajstić information content (AvgIpc) is 0.722. The van der Waals surface area contributed by atoms with Gasteiger partial charge < -0.3 is 0 Å². The molecule has 0 aliphatic rings. The van der Waals surface area contributed by atoms with Gasteiger partial charge in [0, 0.05) is 21.1 Å². The number of hydrogen-bond donors (Lipinski definition) is 2. The molecule has 0 aliphatic heterocycles. The van der Waals surface area contributed by atoms with E-state index in [1.807, 2.05) is 0 Å². The molecule has 0 aromatic rings. The minimum Gasteiger partial charge on any atom is 0 e. The van der Waals surface area contributed by atoms with Crippen molar-refractivity contribution in [3.05, 3.63) is 0 Å². The van der Waals surface area contributed by atoms with Gasteiger partial charge in [0.1, 0.15) is 0 Å². The van der Waals surface area contributed by atoms with Crippen LogP contribution in [-0.2, 0) is 28.7 Å². The van der Waals surface area contributed by atoms with Crippen LogP contribution >= 0.6 is 0 Å². The molecule has 0 heterocycles. The van der Waals surface area contributed by atoms with E-state index >= 15 is 0 Å². The van der Waals surface area contributed by atoms with Gasteiger partial charge in [0.2, 0.25) is 0 Å². The van der Waals surface area contributed by atoms with Crippen molar-refractivity contribution in [1.29, 1.82) is 0 Å². The van der Waals surface area contributed by atoms with Crippen molar-refractivity contribution in [2.45, 2.75) is 0 Å². The summed E-state index contributed by atoms with van der Waals surface area (Å²) in [5.41, 5.74) is 0. The van der Waals surface area contributed by atoms with Crippen LogP contribution in [0.15, 0.2) is 0 Å². The Morgan fingerprint density at radius 1 is 1.17 bits per heavy atom. The van der Waals surface area contributed by atoms with Gasteiger partial charge in [-0.05, 0) is 0 Å². The van der Waals surface area contributed by atoms with Gasteiger partial charge >= 0.3 is 29.4 Å². The van der Waals surface area contributed by atoms with Gasteiger partial charge in [0.05, 0.1) is 0 Å². The van der Waals surface area contributed by atoms with Gasteiger partial charge in [-0.25, -0.2) is 0 Å². The molecule has 0 bridgehead atoms. The molecule has 0 fully saturated rings. The fraction of sp³-hybridized carbons (Fsp3) is 0. The number of rotatable bonds is 0. The van der Waals surface area contributed by atoms with Gasteiger partial charge in [-0.3, -0.25) is 0 Å². The monoisotopic (exact) mass is 330 g/mol. The molecule has 0 atom stereocenters. The first-order valence-electron chi connectivity index (χ1n) is 0.698. The fourth-order valence-electron chi connectivity index (χ4n) is 0. The molecule has 0 saturated heterocycles. The van der Waals surface area contributed by atoms with Crippen molar-refractivity contribution >= 4 is 13.4 Å². The summed E-state index contributed by atoms with van der Waals surface area (Å²) >= 11 is -5.25. The molecule has 0 unspecified atom stereocenters. The molecule has 0 aromatic carbocycles. The predicted octanol–water partition coefficient (Wildman–Crippen LogP) is -1.73. The second kappa shape index (κ2) is 2.83. The van der Waals surface area contributed by atoms with Crippen molar-refractivity contribution in [3.8, 4) is 0 Å². The zero-order valence-electron chi connectivity index (χ0n) is 2.53. The Balaban J connectivity index is 0. The molecule has 0 saturated carbocycles. The van der Waals surface area contributed by atoms with Crippen LogP contribution in [0.5, 0.6) is 0 Å². The average molecular weight is 329 g/mol. The summed E-state index contributed by atoms with van der Waals surface area (Å²) in [6.07, 6.45) is 0. The maximum atomic E-state index is 8.82. The second-order valence-electron chi connectivity index (χ2n) is 0.448. The summed E-state index contributed by atoms with van der Waals surface area (Å²) in [6.45, 7) is 0. The van der Waals surface area contributed by atoms with Crippen molar-refractivity contribution in [2.75, 3.05) is 0 Å². The van der Waals surface area contributed by atoms with E-state index in [1.165, 1.54) is 0 Å². The van der Waals surface area contributed by atoms with Gasteiger partial charge in [0.15, 0.2) is 0 Å². The Morgan fingerprint density at radius 2 is 1.17 bits per heavy atom. The first-order valence-corrected chi connectivity index (χ1v) is 3.63. The van der Waals surface area contributed by atoms with Crippen molar-refractivity contribution in [3.63, 3.8) is 0 Å². The largest absolute Gasteiger partial charge is 0 e. The summed E-state index contributed by atoms with van der Waals surface area (Å²) in [4.78, 5) is 0. The summed E-state index contributed by atoms with van der Waals surface area (Å²) in [5.74, 6) is 0. The van der Waals surface area contributed by atoms with Crippen LogP contribution in [0, 0.1) is 0 Å². The topological polar surface area (TPSA) is 74.6 Å². The first-order chi connectivity index (χ1) is 2.00. The van der Waals surface area contributed by atoms with Gasteiger partial charge in [-0.15, -0.1) is 0 Å². The zero-order valence-corrected chi connectivity index (χ0v) is 7.17. The van der Waals surface area contributed by atoms with E-state index in [4.69, 9.17) is 16.0 Å². The van der Waals surface area contributed by atoms with Crippen molar-refractivity contribution in [2.24, 2.45) is 0 Å². The van der Waals surface area contributed by atoms with Gasteiger partial charge in [0.25, 0.3) is 0 Å². The quantitative estimate of drug-likeness (QED) is 0.518. The Hall–Kier alpha value is 0.728. The standard InChI is InChI=1S/H2O4Se.W/c1-5(2,3)4;/h(H2,1,2,3,4);. The molecule has 0 spiro atoms. The van der Waals surface area contributed by atoms with E-state index < -0.39 is 13.4 Å². The summed E-state index contributed by atoms with van der Waals surface area (Å²) in [5, 5.41) is 0. The molecule has 2 N–H and O–H groups in total. The summed E-state index contributed by atoms with van der Waals surface area (Å²) in [6, 6.07) is 0. The Morgan fingerprint density at radius 3 is 1.17 bits per heavy atom. The molecule has 0 aliphatic carbocycles. The van der Waals surface area contributed by atoms with Crippen LogP contribution in [-0.4, -0.2) is 21.7 Å². The van der Waals surface area contributed by atoms with E-state index in [1.54, 1.807) is 0 Å². The van der Waals surface area contributed by atoms with Gasteiger partial charge in [-0.2, -0.15) is 0 Å². The van der Waals surface area contributed by atoms with E-state index in [9.17, 15) is 0 Å². The molecule has 6 heteroatoms. The molecule has 0 rings (SSSR count). The minimum absolute atomic E-state index is 0. The Kier molecular flexibility index (Phi) is 4.66. The zero-order chi connectivity index (χ0) is 4.50. The minimum atomic E-state index is -5.25. The normalized spacial score (nSPS) is 9.67. The van der Waals surface area contributed by atoms with Crippen LogP contribution in [0.4, 0.5) is 0 Å². The maximum Gasteiger partial charge on any atom is 0 e. The van der Waals surface area contributed by atoms with E-state index in [0.717, 1.165) is 0 Å². The molecular weight excluding hydrogens is 327 g/mol. The molecular formula is H2O4SeW. The first kappa shape index (κ1) is 9.87. The third-order valence-corrected chi connectivity index (χ3v) is 0. The van der Waals surface area contributed by atoms with Crippen LogP contribution in [0.3, 0.4) is 0 Å². The molecule has 38 valence electrons. The SMILES string of the molecule is O=[Se](=O)(O)O.[W]. The molecule has 6 heavy (non-hydrogen) atoms. The van der Waals surface area contributed by atoms with E-state index in [2.05, 4.69) is 0 Å². The summed E-state index contributed by atoms with van der Waals surface area (Å²) < 4.78 is 31.9. The third kappa shape index (κ3) is 124. The van der Waals surface area contributed by atoms with Crippen LogP contribution in [0.25, 0.3) is 0 Å². The Labute approximate surface area is 50.7 Å². The molecule has 4 nitrogen and oxygen atoms in total. The molecule has 0 radical (unpaired) electrons. The predicted molar refractivity (Wildman–Crippen MR) is 11.6 cm³/mol. The summed E-state index contributed by atoms with van der Waals surface area (Å²) in [7, 11) is 0. The number of hydrogen-bond acceptors (Lipinski definition) is 2.